The van der Waals surface area contributed by atoms with Gasteiger partial charge in [-0.25, -0.2) is 0 Å². The molecule has 5 rings (SSSR count). The normalized spacial score (nSPS) is 31.4. The Morgan fingerprint density at radius 2 is 1.68 bits per heavy atom. The van der Waals surface area contributed by atoms with Gasteiger partial charge in [0.1, 0.15) is 12.3 Å². The third kappa shape index (κ3) is 5.16. The molecule has 1 aromatic heterocycles. The number of fused-ring (bicyclic) bond motifs is 2. The average molecular weight is 475 g/mol. The van der Waals surface area contributed by atoms with Crippen molar-refractivity contribution in [2.45, 2.75) is 69.0 Å². The van der Waals surface area contributed by atoms with E-state index in [2.05, 4.69) is 20.8 Å². The second-order valence-corrected chi connectivity index (χ2v) is 9.55. The van der Waals surface area contributed by atoms with Crippen LogP contribution in [0.2, 0.25) is 0 Å². The van der Waals surface area contributed by atoms with Crippen molar-refractivity contribution >= 4 is 11.9 Å². The van der Waals surface area contributed by atoms with E-state index < -0.39 is 6.29 Å². The number of nitrogens with zero attached hydrogens (tertiary/aromatic N) is 5. The van der Waals surface area contributed by atoms with Gasteiger partial charge in [0, 0.05) is 37.6 Å². The Hall–Kier alpha value is -1.98. The number of allylic oxidation sites excluding steroid dienone is 1. The Morgan fingerprint density at radius 1 is 0.971 bits per heavy atom. The van der Waals surface area contributed by atoms with E-state index in [1.54, 1.807) is 13.3 Å². The van der Waals surface area contributed by atoms with Crippen LogP contribution < -0.4 is 15.4 Å². The van der Waals surface area contributed by atoms with E-state index in [0.717, 1.165) is 31.7 Å². The number of rotatable bonds is 10. The Bertz CT molecular complexity index is 837. The van der Waals surface area contributed by atoms with Gasteiger partial charge in [-0.2, -0.15) is 0 Å². The number of hydrogen-bond donors (Lipinski definition) is 1. The highest BCUT2D eigenvalue weighted by molar-refractivity contribution is 5.75. The second kappa shape index (κ2) is 11.2. The molecule has 0 spiro atoms. The van der Waals surface area contributed by atoms with Crippen LogP contribution in [0.25, 0.3) is 0 Å². The molecule has 2 bridgehead atoms. The topological polar surface area (TPSA) is 99.6 Å². The highest BCUT2D eigenvalue weighted by atomic mass is 16.5. The van der Waals surface area contributed by atoms with Crippen LogP contribution in [0.3, 0.4) is 0 Å². The zero-order chi connectivity index (χ0) is 23.3. The van der Waals surface area contributed by atoms with Crippen molar-refractivity contribution < 1.29 is 18.9 Å². The van der Waals surface area contributed by atoms with Crippen molar-refractivity contribution in [3.63, 3.8) is 0 Å². The summed E-state index contributed by atoms with van der Waals surface area (Å²) in [5.41, 5.74) is 7.08. The molecule has 3 atom stereocenters. The molecule has 3 aliphatic heterocycles. The van der Waals surface area contributed by atoms with Crippen LogP contribution in [-0.2, 0) is 14.2 Å². The molecule has 4 heterocycles. The van der Waals surface area contributed by atoms with Crippen LogP contribution in [0, 0.1) is 0 Å². The van der Waals surface area contributed by atoms with Gasteiger partial charge in [0.15, 0.2) is 6.29 Å². The zero-order valence-electron chi connectivity index (χ0n) is 20.1. The van der Waals surface area contributed by atoms with Crippen molar-refractivity contribution in [3.8, 4) is 5.88 Å². The minimum absolute atomic E-state index is 0.359. The Balaban J connectivity index is 1.23. The molecule has 4 aliphatic rings. The van der Waals surface area contributed by atoms with E-state index in [1.807, 2.05) is 17.2 Å². The van der Waals surface area contributed by atoms with Crippen LogP contribution in [-0.4, -0.2) is 92.1 Å². The first-order valence-corrected chi connectivity index (χ1v) is 12.6. The van der Waals surface area contributed by atoms with Crippen LogP contribution in [0.4, 0.5) is 5.69 Å². The first-order valence-electron chi connectivity index (χ1n) is 12.6. The van der Waals surface area contributed by atoms with E-state index in [4.69, 9.17) is 29.8 Å². The van der Waals surface area contributed by atoms with E-state index in [9.17, 15) is 0 Å². The molecule has 1 aliphatic carbocycles. The Morgan fingerprint density at radius 3 is 2.41 bits per heavy atom. The summed E-state index contributed by atoms with van der Waals surface area (Å²) in [4.78, 5) is 8.99. The summed E-state index contributed by atoms with van der Waals surface area (Å²) in [6, 6.07) is 2.27. The number of hydrogen-bond acceptors (Lipinski definition) is 9. The maximum Gasteiger partial charge on any atom is 0.257 e. The summed E-state index contributed by atoms with van der Waals surface area (Å²) in [6.45, 7) is 3.81. The number of aliphatic imine (C=N–C) groups is 1. The fourth-order valence-electron chi connectivity index (χ4n) is 5.80. The molecule has 0 aromatic carbocycles. The quantitative estimate of drug-likeness (QED) is 0.514. The maximum atomic E-state index is 6.24. The lowest BCUT2D eigenvalue weighted by Crippen LogP contribution is -2.52. The van der Waals surface area contributed by atoms with Gasteiger partial charge in [0.05, 0.1) is 45.3 Å². The van der Waals surface area contributed by atoms with Crippen LogP contribution in [0.1, 0.15) is 44.6 Å². The second-order valence-electron chi connectivity index (χ2n) is 9.55. The van der Waals surface area contributed by atoms with E-state index in [1.165, 1.54) is 25.7 Å². The van der Waals surface area contributed by atoms with Gasteiger partial charge in [-0.05, 0) is 44.6 Å². The summed E-state index contributed by atoms with van der Waals surface area (Å²) in [5, 5.41) is 4.85. The van der Waals surface area contributed by atoms with Crippen molar-refractivity contribution in [1.29, 1.82) is 0 Å². The minimum Gasteiger partial charge on any atom is -0.473 e. The third-order valence-electron chi connectivity index (χ3n) is 7.47. The number of nitrogens with two attached hydrogens (primary N) is 1. The van der Waals surface area contributed by atoms with Crippen LogP contribution >= 0.6 is 0 Å². The summed E-state index contributed by atoms with van der Waals surface area (Å²) in [7, 11) is 1.66. The number of anilines is 1. The summed E-state index contributed by atoms with van der Waals surface area (Å²) >= 11 is 0. The van der Waals surface area contributed by atoms with Crippen molar-refractivity contribution in [1.82, 2.24) is 14.7 Å². The highest BCUT2D eigenvalue weighted by Gasteiger charge is 2.42. The molecule has 188 valence electrons. The number of aromatic nitrogens is 2. The minimum atomic E-state index is -0.490. The largest absolute Gasteiger partial charge is 0.473 e. The van der Waals surface area contributed by atoms with E-state index in [0.29, 0.717) is 56.5 Å². The van der Waals surface area contributed by atoms with Gasteiger partial charge in [-0.1, -0.05) is 0 Å². The molecular weight excluding hydrogens is 436 g/mol. The third-order valence-corrected chi connectivity index (χ3v) is 7.47. The molecule has 3 fully saturated rings. The summed E-state index contributed by atoms with van der Waals surface area (Å²) < 4.78 is 24.5. The predicted molar refractivity (Wildman–Crippen MR) is 129 cm³/mol. The fraction of sp³-hybridized carbons (Fsp3) is 0.750. The molecular formula is C24H38N6O4. The molecule has 1 saturated carbocycles. The molecule has 0 amide bonds. The molecule has 1 unspecified atom stereocenters. The van der Waals surface area contributed by atoms with Crippen molar-refractivity contribution in [2.24, 2.45) is 10.7 Å². The number of methoxy groups -OCH3 is 1. The average Bonchev–Trinajstić information content (AvgIpc) is 3.39. The molecule has 2 N–H and O–H groups in total. The first kappa shape index (κ1) is 23.7. The molecule has 10 nitrogen and oxygen atoms in total. The smallest absolute Gasteiger partial charge is 0.257 e. The number of morpholine rings is 1. The van der Waals surface area contributed by atoms with Crippen molar-refractivity contribution in [3.05, 3.63) is 18.5 Å². The van der Waals surface area contributed by atoms with Crippen molar-refractivity contribution in [2.75, 3.05) is 51.7 Å². The Labute approximate surface area is 201 Å². The molecule has 1 aromatic rings. The molecule has 0 radical (unpaired) electrons. The van der Waals surface area contributed by atoms with Gasteiger partial charge in [-0.15, -0.1) is 5.10 Å². The maximum absolute atomic E-state index is 6.24. The monoisotopic (exact) mass is 474 g/mol. The summed E-state index contributed by atoms with van der Waals surface area (Å²) in [5.74, 6) is 0.570. The van der Waals surface area contributed by atoms with Gasteiger partial charge in [-0.3, -0.25) is 20.3 Å². The molecule has 34 heavy (non-hydrogen) atoms. The van der Waals surface area contributed by atoms with Crippen LogP contribution in [0.5, 0.6) is 5.88 Å². The van der Waals surface area contributed by atoms with Gasteiger partial charge in [0.2, 0.25) is 0 Å². The highest BCUT2D eigenvalue weighted by Crippen LogP contribution is 2.40. The summed E-state index contributed by atoms with van der Waals surface area (Å²) in [6.07, 6.45) is 14.3. The van der Waals surface area contributed by atoms with Gasteiger partial charge < -0.3 is 23.8 Å². The lowest BCUT2D eigenvalue weighted by atomic mass is 9.89. The van der Waals surface area contributed by atoms with Gasteiger partial charge in [0.25, 0.3) is 5.88 Å². The zero-order valence-corrected chi connectivity index (χ0v) is 20.1. The Kier molecular flexibility index (Phi) is 7.80. The SMILES string of the molecule is COCCOCCOc1nn(C2CCC(N3[C@@H]4CC[C@H]3COC4)CC2)cc1N1C=CC=NC1N. The lowest BCUT2D eigenvalue weighted by molar-refractivity contribution is -0.0458. The molecule has 2 saturated heterocycles. The number of ether oxygens (including phenoxy) is 4. The fourth-order valence-corrected chi connectivity index (χ4v) is 5.80. The molecule has 10 heteroatoms. The lowest BCUT2D eigenvalue weighted by Gasteiger charge is -2.43. The van der Waals surface area contributed by atoms with E-state index in [-0.39, 0.29) is 0 Å². The first-order chi connectivity index (χ1) is 16.7. The standard InChI is InChI=1S/C24H38N6O4/c1-31-11-12-32-13-14-34-23-22(28-10-2-9-26-24(28)25)15-29(27-23)18-3-5-19(6-4-18)30-20-7-8-21(30)17-33-16-20/h2,9-10,15,18-21,24H,3-8,11-14,16-17,25H2,1H3/t18?,19?,20-,21+,24?. The van der Waals surface area contributed by atoms with E-state index >= 15 is 0 Å². The van der Waals surface area contributed by atoms with Crippen LogP contribution in [0.15, 0.2) is 23.5 Å². The predicted octanol–water partition coefficient (Wildman–Crippen LogP) is 1.92. The van der Waals surface area contributed by atoms with Gasteiger partial charge >= 0.3 is 0 Å².